The summed E-state index contributed by atoms with van der Waals surface area (Å²) in [5, 5.41) is 11.6. The Morgan fingerprint density at radius 1 is 1.04 bits per heavy atom. The molecule has 0 saturated carbocycles. The van der Waals surface area contributed by atoms with Crippen LogP contribution in [0, 0.1) is 0 Å². The molecule has 0 saturated heterocycles. The van der Waals surface area contributed by atoms with Crippen LogP contribution in [0.1, 0.15) is 22.8 Å². The number of amides is 1. The molecule has 0 radical (unpaired) electrons. The molecule has 2 rings (SSSR count). The number of carbonyl (C=O) groups is 2. The summed E-state index contributed by atoms with van der Waals surface area (Å²) in [4.78, 5) is 27.9. The van der Waals surface area contributed by atoms with Crippen LogP contribution >= 0.6 is 0 Å². The number of rotatable bonds is 8. The van der Waals surface area contributed by atoms with Crippen molar-refractivity contribution in [2.45, 2.75) is 19.4 Å². The van der Waals surface area contributed by atoms with Crippen LogP contribution in [0.2, 0.25) is 0 Å². The first kappa shape index (κ1) is 20.1. The number of hydrogen-bond donors (Lipinski definition) is 4. The van der Waals surface area contributed by atoms with Crippen molar-refractivity contribution in [3.63, 3.8) is 0 Å². The highest BCUT2D eigenvalue weighted by molar-refractivity contribution is 5.98. The van der Waals surface area contributed by atoms with Crippen LogP contribution in [0.15, 0.2) is 53.5 Å². The minimum atomic E-state index is -0.995. The Balaban J connectivity index is 2.10. The molecule has 27 heavy (non-hydrogen) atoms. The van der Waals surface area contributed by atoms with Gasteiger partial charge >= 0.3 is 0 Å². The third kappa shape index (κ3) is 5.65. The van der Waals surface area contributed by atoms with Gasteiger partial charge in [0.15, 0.2) is 11.7 Å². The molecule has 7 heteroatoms. The first-order valence-corrected chi connectivity index (χ1v) is 8.63. The highest BCUT2D eigenvalue weighted by Crippen LogP contribution is 2.20. The van der Waals surface area contributed by atoms with E-state index in [1.807, 2.05) is 24.3 Å². The monoisotopic (exact) mass is 368 g/mol. The Labute approximate surface area is 158 Å². The van der Waals surface area contributed by atoms with E-state index >= 15 is 0 Å². The van der Waals surface area contributed by atoms with E-state index in [9.17, 15) is 9.59 Å². The SMILES string of the molecule is CCc1ccc(-c2ccc(C(=O)N[C@@H](CN=C(N)N)C(=O)CO)cc2)cc1. The molecule has 1 amide bonds. The predicted octanol–water partition coefficient (Wildman–Crippen LogP) is 0.849. The molecule has 7 nitrogen and oxygen atoms in total. The number of aryl methyl sites for hydroxylation is 1. The van der Waals surface area contributed by atoms with Gasteiger partial charge in [-0.3, -0.25) is 14.6 Å². The quantitative estimate of drug-likeness (QED) is 0.405. The number of ketones is 1. The van der Waals surface area contributed by atoms with Gasteiger partial charge in [0, 0.05) is 5.56 Å². The third-order valence-corrected chi connectivity index (χ3v) is 4.15. The van der Waals surface area contributed by atoms with Gasteiger partial charge in [-0.1, -0.05) is 43.3 Å². The lowest BCUT2D eigenvalue weighted by Gasteiger charge is -2.15. The maximum atomic E-state index is 12.4. The Hall–Kier alpha value is -3.19. The molecular weight excluding hydrogens is 344 g/mol. The average molecular weight is 368 g/mol. The minimum Gasteiger partial charge on any atom is -0.388 e. The van der Waals surface area contributed by atoms with Crippen LogP contribution in [0.4, 0.5) is 0 Å². The second-order valence-electron chi connectivity index (χ2n) is 6.04. The van der Waals surface area contributed by atoms with E-state index in [0.29, 0.717) is 5.56 Å². The number of aliphatic hydroxyl groups is 1. The number of carbonyl (C=O) groups excluding carboxylic acids is 2. The smallest absolute Gasteiger partial charge is 0.251 e. The summed E-state index contributed by atoms with van der Waals surface area (Å²) in [6.07, 6.45) is 0.979. The largest absolute Gasteiger partial charge is 0.388 e. The minimum absolute atomic E-state index is 0.130. The molecule has 0 bridgehead atoms. The summed E-state index contributed by atoms with van der Waals surface area (Å²) < 4.78 is 0. The van der Waals surface area contributed by atoms with Crippen molar-refractivity contribution in [3.05, 3.63) is 59.7 Å². The summed E-state index contributed by atoms with van der Waals surface area (Å²) in [5.74, 6) is -1.21. The van der Waals surface area contributed by atoms with Gasteiger partial charge in [-0.05, 0) is 35.2 Å². The lowest BCUT2D eigenvalue weighted by atomic mass is 10.0. The van der Waals surface area contributed by atoms with Gasteiger partial charge in [0.05, 0.1) is 6.54 Å². The fourth-order valence-electron chi connectivity index (χ4n) is 2.52. The lowest BCUT2D eigenvalue weighted by molar-refractivity contribution is -0.123. The molecule has 0 aromatic heterocycles. The number of nitrogens with one attached hydrogen (secondary N) is 1. The van der Waals surface area contributed by atoms with Gasteiger partial charge in [0.1, 0.15) is 12.6 Å². The van der Waals surface area contributed by atoms with E-state index in [1.54, 1.807) is 12.1 Å². The zero-order chi connectivity index (χ0) is 19.8. The van der Waals surface area contributed by atoms with Crippen LogP contribution in [0.25, 0.3) is 11.1 Å². The van der Waals surface area contributed by atoms with Crippen molar-refractivity contribution in [3.8, 4) is 11.1 Å². The zero-order valence-electron chi connectivity index (χ0n) is 15.2. The number of nitrogens with zero attached hydrogens (tertiary/aromatic N) is 1. The van der Waals surface area contributed by atoms with Crippen LogP contribution in [0.5, 0.6) is 0 Å². The Kier molecular flexibility index (Phi) is 7.08. The number of Topliss-reactive ketones (excluding diaryl/α,β-unsaturated/α-hetero) is 1. The highest BCUT2D eigenvalue weighted by Gasteiger charge is 2.20. The molecule has 0 aliphatic heterocycles. The second-order valence-corrected chi connectivity index (χ2v) is 6.04. The maximum Gasteiger partial charge on any atom is 0.251 e. The van der Waals surface area contributed by atoms with E-state index in [1.165, 1.54) is 5.56 Å². The first-order valence-electron chi connectivity index (χ1n) is 8.63. The molecule has 2 aromatic carbocycles. The Morgan fingerprint density at radius 3 is 2.07 bits per heavy atom. The molecular formula is C20H24N4O3. The van der Waals surface area contributed by atoms with Gasteiger partial charge in [-0.15, -0.1) is 0 Å². The van der Waals surface area contributed by atoms with Crippen LogP contribution in [-0.2, 0) is 11.2 Å². The summed E-state index contributed by atoms with van der Waals surface area (Å²) in [6.45, 7) is 1.26. The number of nitrogens with two attached hydrogens (primary N) is 2. The number of benzene rings is 2. The average Bonchev–Trinajstić information content (AvgIpc) is 2.70. The highest BCUT2D eigenvalue weighted by atomic mass is 16.3. The molecule has 0 aliphatic carbocycles. The topological polar surface area (TPSA) is 131 Å². The van der Waals surface area contributed by atoms with Crippen molar-refractivity contribution < 1.29 is 14.7 Å². The fourth-order valence-corrected chi connectivity index (χ4v) is 2.52. The zero-order valence-corrected chi connectivity index (χ0v) is 15.2. The van der Waals surface area contributed by atoms with Gasteiger partial charge in [0.2, 0.25) is 0 Å². The molecule has 2 aromatic rings. The molecule has 1 atom stereocenters. The summed E-state index contributed by atoms with van der Waals surface area (Å²) >= 11 is 0. The normalized spacial score (nSPS) is 11.5. The predicted molar refractivity (Wildman–Crippen MR) is 105 cm³/mol. The number of hydrogen-bond acceptors (Lipinski definition) is 4. The van der Waals surface area contributed by atoms with Crippen LogP contribution < -0.4 is 16.8 Å². The van der Waals surface area contributed by atoms with E-state index < -0.39 is 24.3 Å². The van der Waals surface area contributed by atoms with Crippen molar-refractivity contribution in [2.75, 3.05) is 13.2 Å². The van der Waals surface area contributed by atoms with Crippen molar-refractivity contribution in [2.24, 2.45) is 16.5 Å². The summed E-state index contributed by atoms with van der Waals surface area (Å²) in [6, 6.07) is 14.3. The van der Waals surface area contributed by atoms with E-state index in [-0.39, 0.29) is 12.5 Å². The standard InChI is InChI=1S/C20H24N4O3/c1-2-13-3-5-14(6-4-13)15-7-9-16(10-8-15)19(27)24-17(18(26)12-25)11-23-20(21)22/h3-10,17,25H,2,11-12H2,1H3,(H,24,27)(H4,21,22,23)/t17-/m0/s1. The molecule has 0 unspecified atom stereocenters. The van der Waals surface area contributed by atoms with Gasteiger partial charge in [-0.25, -0.2) is 0 Å². The van der Waals surface area contributed by atoms with Crippen LogP contribution in [0.3, 0.4) is 0 Å². The summed E-state index contributed by atoms with van der Waals surface area (Å²) in [7, 11) is 0. The number of guanidine groups is 1. The summed E-state index contributed by atoms with van der Waals surface area (Å²) in [5.41, 5.74) is 14.2. The van der Waals surface area contributed by atoms with Crippen molar-refractivity contribution in [1.82, 2.24) is 5.32 Å². The van der Waals surface area contributed by atoms with Gasteiger partial charge < -0.3 is 21.9 Å². The number of aliphatic imine (C=N–C) groups is 1. The maximum absolute atomic E-state index is 12.4. The molecule has 0 fully saturated rings. The lowest BCUT2D eigenvalue weighted by Crippen LogP contribution is -2.45. The van der Waals surface area contributed by atoms with E-state index in [0.717, 1.165) is 17.5 Å². The van der Waals surface area contributed by atoms with Gasteiger partial charge in [-0.2, -0.15) is 0 Å². The Morgan fingerprint density at radius 2 is 1.59 bits per heavy atom. The molecule has 0 heterocycles. The van der Waals surface area contributed by atoms with Gasteiger partial charge in [0.25, 0.3) is 5.91 Å². The third-order valence-electron chi connectivity index (χ3n) is 4.15. The van der Waals surface area contributed by atoms with Crippen molar-refractivity contribution in [1.29, 1.82) is 0 Å². The first-order chi connectivity index (χ1) is 12.9. The Bertz CT molecular complexity index is 810. The van der Waals surface area contributed by atoms with Crippen molar-refractivity contribution >= 4 is 17.6 Å². The fraction of sp³-hybridized carbons (Fsp3) is 0.250. The molecule has 0 aliphatic rings. The molecule has 6 N–H and O–H groups in total. The number of aliphatic hydroxyl groups excluding tert-OH is 1. The molecule has 0 spiro atoms. The van der Waals surface area contributed by atoms with E-state index in [2.05, 4.69) is 29.4 Å². The second kappa shape index (κ2) is 9.49. The van der Waals surface area contributed by atoms with E-state index in [4.69, 9.17) is 16.6 Å². The molecule has 142 valence electrons. The van der Waals surface area contributed by atoms with Crippen LogP contribution in [-0.4, -0.2) is 41.9 Å².